The van der Waals surface area contributed by atoms with E-state index in [2.05, 4.69) is 28.1 Å². The lowest BCUT2D eigenvalue weighted by molar-refractivity contribution is -0.115. The molecule has 0 atom stereocenters. The minimum Gasteiger partial charge on any atom is -0.342 e. The van der Waals surface area contributed by atoms with Gasteiger partial charge in [0.2, 0.25) is 0 Å². The highest BCUT2D eigenvalue weighted by atomic mass is 32.2. The molecular formula is C26H17N3O2S. The van der Waals surface area contributed by atoms with Gasteiger partial charge in [0.15, 0.2) is 0 Å². The number of hydrogen-bond acceptors (Lipinski definition) is 4. The SMILES string of the molecule is N#Cc1ccccc1-c1ccc(Cn2cc(/C=C3/SC(=O)NC3=O)c3ccccc32)cc1. The quantitative estimate of drug-likeness (QED) is 0.426. The molecule has 0 unspecified atom stereocenters. The third-order valence-corrected chi connectivity index (χ3v) is 6.22. The average molecular weight is 436 g/mol. The van der Waals surface area contributed by atoms with Crippen LogP contribution in [0.2, 0.25) is 0 Å². The molecule has 1 aromatic heterocycles. The smallest absolute Gasteiger partial charge is 0.290 e. The summed E-state index contributed by atoms with van der Waals surface area (Å²) in [7, 11) is 0. The molecule has 0 spiro atoms. The van der Waals surface area contributed by atoms with Crippen molar-refractivity contribution in [3.8, 4) is 17.2 Å². The number of rotatable bonds is 4. The largest absolute Gasteiger partial charge is 0.342 e. The molecule has 1 fully saturated rings. The van der Waals surface area contributed by atoms with Crippen molar-refractivity contribution in [2.75, 3.05) is 0 Å². The van der Waals surface area contributed by atoms with Crippen LogP contribution in [0.15, 0.2) is 83.9 Å². The molecule has 1 aliphatic heterocycles. The van der Waals surface area contributed by atoms with Gasteiger partial charge < -0.3 is 4.57 Å². The third-order valence-electron chi connectivity index (χ3n) is 5.41. The Hall–Kier alpha value is -4.08. The summed E-state index contributed by atoms with van der Waals surface area (Å²) in [4.78, 5) is 23.9. The number of nitrogens with zero attached hydrogens (tertiary/aromatic N) is 2. The summed E-state index contributed by atoms with van der Waals surface area (Å²) in [6.45, 7) is 0.655. The molecule has 4 aromatic rings. The maximum Gasteiger partial charge on any atom is 0.290 e. The second-order valence-electron chi connectivity index (χ2n) is 7.44. The molecule has 2 amide bonds. The van der Waals surface area contributed by atoms with Gasteiger partial charge in [-0.25, -0.2) is 0 Å². The number of nitriles is 1. The lowest BCUT2D eigenvalue weighted by Gasteiger charge is -2.08. The van der Waals surface area contributed by atoms with E-state index in [0.717, 1.165) is 44.9 Å². The van der Waals surface area contributed by atoms with Gasteiger partial charge in [-0.05, 0) is 46.7 Å². The van der Waals surface area contributed by atoms with Crippen LogP contribution in [-0.4, -0.2) is 15.7 Å². The van der Waals surface area contributed by atoms with Crippen molar-refractivity contribution in [1.82, 2.24) is 9.88 Å². The van der Waals surface area contributed by atoms with E-state index in [1.54, 1.807) is 6.08 Å². The van der Waals surface area contributed by atoms with E-state index >= 15 is 0 Å². The number of amides is 2. The Morgan fingerprint density at radius 3 is 2.47 bits per heavy atom. The molecule has 3 aromatic carbocycles. The number of nitrogens with one attached hydrogen (secondary N) is 1. The number of hydrogen-bond donors (Lipinski definition) is 1. The maximum absolute atomic E-state index is 12.0. The number of para-hydroxylation sites is 1. The standard InChI is InChI=1S/C26H17N3O2S/c27-14-19-5-1-2-6-21(19)18-11-9-17(10-12-18)15-29-16-20(22-7-3-4-8-23(22)29)13-24-25(30)28-26(31)32-24/h1-13,16H,15H2,(H,28,30,31)/b24-13+. The molecular weight excluding hydrogens is 418 g/mol. The van der Waals surface area contributed by atoms with Crippen molar-refractivity contribution in [2.45, 2.75) is 6.54 Å². The number of thioether (sulfide) groups is 1. The van der Waals surface area contributed by atoms with E-state index in [1.807, 2.05) is 66.9 Å². The molecule has 2 heterocycles. The van der Waals surface area contributed by atoms with Crippen LogP contribution >= 0.6 is 11.8 Å². The molecule has 5 nitrogen and oxygen atoms in total. The number of imide groups is 1. The fourth-order valence-electron chi connectivity index (χ4n) is 3.90. The molecule has 0 aliphatic carbocycles. The zero-order valence-electron chi connectivity index (χ0n) is 16.9. The minimum absolute atomic E-state index is 0.344. The van der Waals surface area contributed by atoms with Crippen molar-refractivity contribution in [2.24, 2.45) is 0 Å². The molecule has 0 saturated carbocycles. The zero-order chi connectivity index (χ0) is 22.1. The Balaban J connectivity index is 1.47. The molecule has 1 saturated heterocycles. The topological polar surface area (TPSA) is 74.9 Å². The zero-order valence-corrected chi connectivity index (χ0v) is 17.7. The van der Waals surface area contributed by atoms with E-state index < -0.39 is 0 Å². The second-order valence-corrected chi connectivity index (χ2v) is 8.45. The summed E-state index contributed by atoms with van der Waals surface area (Å²) in [6, 6.07) is 26.0. The molecule has 6 heteroatoms. The summed E-state index contributed by atoms with van der Waals surface area (Å²) in [5, 5.41) is 12.3. The van der Waals surface area contributed by atoms with Gasteiger partial charge in [0.25, 0.3) is 11.1 Å². The van der Waals surface area contributed by atoms with E-state index in [0.29, 0.717) is 17.0 Å². The van der Waals surface area contributed by atoms with Crippen molar-refractivity contribution in [1.29, 1.82) is 5.26 Å². The Bertz CT molecular complexity index is 1440. The van der Waals surface area contributed by atoms with Crippen molar-refractivity contribution in [3.05, 3.63) is 101 Å². The summed E-state index contributed by atoms with van der Waals surface area (Å²) in [5.74, 6) is -0.356. The molecule has 5 rings (SSSR count). The molecule has 1 aliphatic rings. The Labute approximate surface area is 189 Å². The Morgan fingerprint density at radius 1 is 0.969 bits per heavy atom. The van der Waals surface area contributed by atoms with Gasteiger partial charge in [-0.15, -0.1) is 0 Å². The highest BCUT2D eigenvalue weighted by Crippen LogP contribution is 2.30. The molecule has 0 bridgehead atoms. The fraction of sp³-hybridized carbons (Fsp3) is 0.0385. The van der Waals surface area contributed by atoms with Gasteiger partial charge in [0, 0.05) is 29.2 Å². The first-order chi connectivity index (χ1) is 15.6. The van der Waals surface area contributed by atoms with Crippen LogP contribution < -0.4 is 5.32 Å². The van der Waals surface area contributed by atoms with Gasteiger partial charge >= 0.3 is 0 Å². The van der Waals surface area contributed by atoms with Gasteiger partial charge in [-0.3, -0.25) is 14.9 Å². The monoisotopic (exact) mass is 435 g/mol. The molecule has 0 radical (unpaired) electrons. The Kier molecular flexibility index (Phi) is 5.10. The third kappa shape index (κ3) is 3.70. The first kappa shape index (κ1) is 19.9. The maximum atomic E-state index is 12.0. The number of carbonyl (C=O) groups excluding carboxylic acids is 2. The highest BCUT2D eigenvalue weighted by molar-refractivity contribution is 8.18. The van der Waals surface area contributed by atoms with Crippen LogP contribution in [0.1, 0.15) is 16.7 Å². The summed E-state index contributed by atoms with van der Waals surface area (Å²) in [5.41, 5.74) is 5.64. The summed E-state index contributed by atoms with van der Waals surface area (Å²) in [6.07, 6.45) is 3.78. The van der Waals surface area contributed by atoms with Crippen LogP contribution in [0.3, 0.4) is 0 Å². The van der Waals surface area contributed by atoms with Crippen LogP contribution in [0, 0.1) is 11.3 Å². The van der Waals surface area contributed by atoms with Crippen molar-refractivity contribution in [3.63, 3.8) is 0 Å². The Morgan fingerprint density at radius 2 is 1.72 bits per heavy atom. The molecule has 1 N–H and O–H groups in total. The van der Waals surface area contributed by atoms with E-state index in [-0.39, 0.29) is 11.1 Å². The fourth-order valence-corrected chi connectivity index (χ4v) is 4.58. The van der Waals surface area contributed by atoms with Crippen LogP contribution in [0.4, 0.5) is 4.79 Å². The van der Waals surface area contributed by atoms with Crippen molar-refractivity contribution >= 4 is 39.9 Å². The first-order valence-electron chi connectivity index (χ1n) is 10.0. The minimum atomic E-state index is -0.356. The van der Waals surface area contributed by atoms with E-state index in [9.17, 15) is 14.9 Å². The van der Waals surface area contributed by atoms with E-state index in [1.165, 1.54) is 0 Å². The molecule has 154 valence electrons. The summed E-state index contributed by atoms with van der Waals surface area (Å²) < 4.78 is 2.14. The van der Waals surface area contributed by atoms with Crippen LogP contribution in [0.5, 0.6) is 0 Å². The van der Waals surface area contributed by atoms with Gasteiger partial charge in [-0.1, -0.05) is 60.7 Å². The normalized spacial score (nSPS) is 14.7. The van der Waals surface area contributed by atoms with Crippen LogP contribution in [-0.2, 0) is 11.3 Å². The van der Waals surface area contributed by atoms with Gasteiger partial charge in [0.1, 0.15) is 0 Å². The highest BCUT2D eigenvalue weighted by Gasteiger charge is 2.25. The number of carbonyl (C=O) groups is 2. The molecule has 32 heavy (non-hydrogen) atoms. The summed E-state index contributed by atoms with van der Waals surface area (Å²) >= 11 is 0.922. The van der Waals surface area contributed by atoms with E-state index in [4.69, 9.17) is 0 Å². The first-order valence-corrected chi connectivity index (χ1v) is 10.9. The lowest BCUT2D eigenvalue weighted by atomic mass is 9.99. The van der Waals surface area contributed by atoms with Gasteiger partial charge in [-0.2, -0.15) is 5.26 Å². The van der Waals surface area contributed by atoms with Crippen molar-refractivity contribution < 1.29 is 9.59 Å². The number of aromatic nitrogens is 1. The predicted molar refractivity (Wildman–Crippen MR) is 127 cm³/mol. The average Bonchev–Trinajstić information content (AvgIpc) is 3.33. The second kappa shape index (κ2) is 8.22. The number of benzene rings is 3. The van der Waals surface area contributed by atoms with Crippen LogP contribution in [0.25, 0.3) is 28.1 Å². The lowest BCUT2D eigenvalue weighted by Crippen LogP contribution is -2.17. The number of fused-ring (bicyclic) bond motifs is 1. The van der Waals surface area contributed by atoms with Gasteiger partial charge in [0.05, 0.1) is 16.5 Å². The predicted octanol–water partition coefficient (Wildman–Crippen LogP) is 5.55.